The maximum atomic E-state index is 14.8. The fraction of sp³-hybridized carbons (Fsp3) is 0.583. The second-order valence-electron chi connectivity index (χ2n) is 9.59. The van der Waals surface area contributed by atoms with Gasteiger partial charge in [-0.15, -0.1) is 0 Å². The van der Waals surface area contributed by atoms with Gasteiger partial charge in [0.1, 0.15) is 11.9 Å². The lowest BCUT2D eigenvalue weighted by Crippen LogP contribution is -2.52. The van der Waals surface area contributed by atoms with Gasteiger partial charge in [-0.2, -0.15) is 0 Å². The number of nitrogens with one attached hydrogen (secondary N) is 2. The van der Waals surface area contributed by atoms with Gasteiger partial charge in [-0.05, 0) is 25.3 Å². The molecule has 0 bridgehead atoms. The topological polar surface area (TPSA) is 108 Å². The van der Waals surface area contributed by atoms with Gasteiger partial charge in [0, 0.05) is 54.7 Å². The van der Waals surface area contributed by atoms with E-state index in [0.29, 0.717) is 12.6 Å². The Morgan fingerprint density at radius 1 is 1.27 bits per heavy atom. The molecular formula is C24H28ClF3N4O5. The molecule has 13 heteroatoms. The molecule has 0 radical (unpaired) electrons. The molecule has 1 aliphatic carbocycles. The molecule has 3 aliphatic heterocycles. The molecule has 1 aromatic rings. The number of piperidine rings is 1. The predicted octanol–water partition coefficient (Wildman–Crippen LogP) is 2.98. The van der Waals surface area contributed by atoms with E-state index in [4.69, 9.17) is 11.6 Å². The minimum atomic E-state index is -2.39. The third-order valence-electron chi connectivity index (χ3n) is 7.18. The molecule has 9 nitrogen and oxygen atoms in total. The largest absolute Gasteiger partial charge is 0.453 e. The van der Waals surface area contributed by atoms with E-state index in [1.165, 1.54) is 24.5 Å². The summed E-state index contributed by atoms with van der Waals surface area (Å²) in [6.07, 6.45) is 3.08. The molecule has 1 atom stereocenters. The Balaban J connectivity index is 0.000000241. The molecule has 1 saturated carbocycles. The molecule has 3 fully saturated rings. The van der Waals surface area contributed by atoms with E-state index < -0.39 is 41.6 Å². The van der Waals surface area contributed by atoms with E-state index in [1.807, 2.05) is 4.90 Å². The van der Waals surface area contributed by atoms with Crippen LogP contribution in [-0.2, 0) is 27.4 Å². The Bertz CT molecular complexity index is 1110. The van der Waals surface area contributed by atoms with E-state index in [-0.39, 0.29) is 60.6 Å². The maximum absolute atomic E-state index is 14.8. The summed E-state index contributed by atoms with van der Waals surface area (Å²) in [5, 5.41) is 4.65. The van der Waals surface area contributed by atoms with Crippen molar-refractivity contribution < 1.29 is 37.1 Å². The second-order valence-corrected chi connectivity index (χ2v) is 10.00. The SMILES string of the molecule is COC(=O)NCc1cc(Cl)c2c(c1F)C(=O)N(C1CCC(=O)NC1=O)C2.FC1(F)CCN(C2CCC2)C1. The van der Waals surface area contributed by atoms with Gasteiger partial charge in [0.2, 0.25) is 11.8 Å². The number of imide groups is 1. The number of amides is 4. The molecule has 3 heterocycles. The highest BCUT2D eigenvalue weighted by atomic mass is 35.5. The molecule has 0 spiro atoms. The number of benzene rings is 1. The van der Waals surface area contributed by atoms with Crippen LogP contribution in [0.5, 0.6) is 0 Å². The number of carbonyl (C=O) groups is 4. The molecule has 2 saturated heterocycles. The van der Waals surface area contributed by atoms with Crippen LogP contribution in [0.3, 0.4) is 0 Å². The number of likely N-dealkylation sites (tertiary alicyclic amines) is 1. The molecule has 4 amide bonds. The van der Waals surface area contributed by atoms with Crippen molar-refractivity contribution in [2.45, 2.75) is 69.6 Å². The van der Waals surface area contributed by atoms with Crippen LogP contribution < -0.4 is 10.6 Å². The van der Waals surface area contributed by atoms with Crippen molar-refractivity contribution in [3.05, 3.63) is 33.6 Å². The Morgan fingerprint density at radius 2 is 2.00 bits per heavy atom. The van der Waals surface area contributed by atoms with Crippen molar-refractivity contribution in [3.8, 4) is 0 Å². The van der Waals surface area contributed by atoms with Crippen molar-refractivity contribution in [3.63, 3.8) is 0 Å². The molecule has 1 unspecified atom stereocenters. The van der Waals surface area contributed by atoms with Gasteiger partial charge in [-0.25, -0.2) is 18.0 Å². The third kappa shape index (κ3) is 5.85. The summed E-state index contributed by atoms with van der Waals surface area (Å²) < 4.78 is 44.6. The number of halogens is 4. The van der Waals surface area contributed by atoms with Gasteiger partial charge < -0.3 is 15.0 Å². The molecule has 5 rings (SSSR count). The summed E-state index contributed by atoms with van der Waals surface area (Å²) in [4.78, 5) is 50.3. The van der Waals surface area contributed by atoms with Crippen LogP contribution in [0.2, 0.25) is 5.02 Å². The quantitative estimate of drug-likeness (QED) is 0.564. The van der Waals surface area contributed by atoms with Crippen molar-refractivity contribution in [2.24, 2.45) is 0 Å². The van der Waals surface area contributed by atoms with Crippen molar-refractivity contribution >= 4 is 35.4 Å². The van der Waals surface area contributed by atoms with Crippen LogP contribution in [0.4, 0.5) is 18.0 Å². The number of alkyl carbamates (subject to hydrolysis) is 1. The van der Waals surface area contributed by atoms with Crippen molar-refractivity contribution in [1.29, 1.82) is 0 Å². The minimum absolute atomic E-state index is 0.0116. The zero-order valence-electron chi connectivity index (χ0n) is 20.3. The first-order valence-corrected chi connectivity index (χ1v) is 12.5. The van der Waals surface area contributed by atoms with Crippen LogP contribution in [-0.4, -0.2) is 71.8 Å². The van der Waals surface area contributed by atoms with Crippen LogP contribution in [0, 0.1) is 5.82 Å². The zero-order valence-corrected chi connectivity index (χ0v) is 21.0. The summed E-state index contributed by atoms with van der Waals surface area (Å²) in [5.74, 6) is -4.87. The average Bonchev–Trinajstić information content (AvgIpc) is 3.34. The molecule has 37 heavy (non-hydrogen) atoms. The van der Waals surface area contributed by atoms with Gasteiger partial charge >= 0.3 is 6.09 Å². The first kappa shape index (κ1) is 27.2. The first-order chi connectivity index (χ1) is 17.5. The van der Waals surface area contributed by atoms with Crippen molar-refractivity contribution in [2.75, 3.05) is 20.2 Å². The van der Waals surface area contributed by atoms with Crippen LogP contribution >= 0.6 is 11.6 Å². The van der Waals surface area contributed by atoms with E-state index in [1.54, 1.807) is 0 Å². The Morgan fingerprint density at radius 3 is 2.57 bits per heavy atom. The first-order valence-electron chi connectivity index (χ1n) is 12.1. The fourth-order valence-corrected chi connectivity index (χ4v) is 5.19. The standard InChI is InChI=1S/C16H15ClFN3O5.C8H13F2N/c1-26-16(25)19-5-7-4-9(17)8-6-21(15(24)12(8)13(7)18)10-2-3-11(22)20-14(10)23;9-8(10)4-5-11(6-8)7-2-1-3-7/h4,10H,2-3,5-6H2,1H3,(H,19,25)(H,20,22,23);7H,1-6H2. The number of ether oxygens (including phenoxy) is 1. The molecule has 202 valence electrons. The van der Waals surface area contributed by atoms with E-state index in [0.717, 1.165) is 12.8 Å². The smallest absolute Gasteiger partial charge is 0.407 e. The fourth-order valence-electron chi connectivity index (χ4n) is 4.90. The molecule has 4 aliphatic rings. The highest BCUT2D eigenvalue weighted by Gasteiger charge is 2.43. The van der Waals surface area contributed by atoms with Gasteiger partial charge in [0.25, 0.3) is 11.8 Å². The number of fused-ring (bicyclic) bond motifs is 1. The van der Waals surface area contributed by atoms with E-state index >= 15 is 0 Å². The van der Waals surface area contributed by atoms with Crippen LogP contribution in [0.15, 0.2) is 6.07 Å². The van der Waals surface area contributed by atoms with Gasteiger partial charge in [-0.1, -0.05) is 18.0 Å². The minimum Gasteiger partial charge on any atom is -0.453 e. The second kappa shape index (κ2) is 10.9. The highest BCUT2D eigenvalue weighted by molar-refractivity contribution is 6.32. The number of hydrogen-bond acceptors (Lipinski definition) is 6. The van der Waals surface area contributed by atoms with Crippen LogP contribution in [0.25, 0.3) is 0 Å². The highest BCUT2D eigenvalue weighted by Crippen LogP contribution is 2.36. The monoisotopic (exact) mass is 544 g/mol. The number of rotatable bonds is 4. The van der Waals surface area contributed by atoms with E-state index in [2.05, 4.69) is 15.4 Å². The lowest BCUT2D eigenvalue weighted by atomic mass is 9.92. The third-order valence-corrected chi connectivity index (χ3v) is 7.52. The predicted molar refractivity (Wildman–Crippen MR) is 125 cm³/mol. The van der Waals surface area contributed by atoms with Gasteiger partial charge in [-0.3, -0.25) is 24.6 Å². The summed E-state index contributed by atoms with van der Waals surface area (Å²) in [7, 11) is 1.17. The normalized spacial score (nSPS) is 23.1. The summed E-state index contributed by atoms with van der Waals surface area (Å²) in [6.45, 7) is 0.382. The lowest BCUT2D eigenvalue weighted by Gasteiger charge is -2.34. The number of nitrogens with zero attached hydrogens (tertiary/aromatic N) is 2. The Labute approximate surface area is 216 Å². The Hall–Kier alpha value is -2.86. The molecule has 1 aromatic carbocycles. The number of methoxy groups -OCH3 is 1. The summed E-state index contributed by atoms with van der Waals surface area (Å²) in [6, 6.07) is 0.954. The van der Waals surface area contributed by atoms with Gasteiger partial charge in [0.15, 0.2) is 0 Å². The van der Waals surface area contributed by atoms with E-state index in [9.17, 15) is 32.3 Å². The Kier molecular flexibility index (Phi) is 7.98. The number of carbonyl (C=O) groups excluding carboxylic acids is 4. The number of hydrogen-bond donors (Lipinski definition) is 2. The molecule has 2 N–H and O–H groups in total. The zero-order chi connectivity index (χ0) is 26.9. The summed E-state index contributed by atoms with van der Waals surface area (Å²) >= 11 is 6.18. The molecular weight excluding hydrogens is 517 g/mol. The summed E-state index contributed by atoms with van der Waals surface area (Å²) in [5.41, 5.74) is 0.0853. The maximum Gasteiger partial charge on any atom is 0.407 e. The number of alkyl halides is 2. The lowest BCUT2D eigenvalue weighted by molar-refractivity contribution is -0.136. The van der Waals surface area contributed by atoms with Crippen LogP contribution in [0.1, 0.15) is 60.0 Å². The molecule has 0 aromatic heterocycles. The van der Waals surface area contributed by atoms with Crippen molar-refractivity contribution in [1.82, 2.24) is 20.4 Å². The average molecular weight is 545 g/mol. The van der Waals surface area contributed by atoms with Gasteiger partial charge in [0.05, 0.1) is 19.2 Å².